The van der Waals surface area contributed by atoms with Crippen molar-refractivity contribution in [3.63, 3.8) is 0 Å². The van der Waals surface area contributed by atoms with Crippen LogP contribution in [0.3, 0.4) is 0 Å². The summed E-state index contributed by atoms with van der Waals surface area (Å²) < 4.78 is 137. The van der Waals surface area contributed by atoms with E-state index in [4.69, 9.17) is 23.2 Å². The summed E-state index contributed by atoms with van der Waals surface area (Å²) in [7, 11) is -19.6. The van der Waals surface area contributed by atoms with Crippen molar-refractivity contribution in [1.82, 2.24) is 29.9 Å². The molecule has 0 unspecified atom stereocenters. The van der Waals surface area contributed by atoms with Crippen molar-refractivity contribution in [2.45, 2.75) is 32.4 Å². The molecule has 0 aliphatic carbocycles. The molecule has 0 spiro atoms. The quantitative estimate of drug-likeness (QED) is 0.0604. The van der Waals surface area contributed by atoms with Crippen LogP contribution in [0.1, 0.15) is 33.9 Å². The van der Waals surface area contributed by atoms with Gasteiger partial charge in [-0.3, -0.25) is 18.2 Å². The standard InChI is InChI=1S/C34H26Cl2N8O12S4/c35-31-40-29(15-19-4-2-1-3-5-19)39-30(41-31)16-20-6-7-21(27(14-20)59(51,52)53)8-9-22-10-11-23(17-28(22)60(54,55)56)37-33-42-32(36)43-34(44-33)38-25-18-24(57(45,46)47)12-13-26(25)58(48,49)50/h1-14,17-18H,15-16H2,(H,45,46,47)(H,48,49,50)(H,51,52,53)(H,54,55,56)(H2,37,38,42,43,44)/b9-8+. The first-order valence-corrected chi connectivity index (χ1v) is 22.9. The highest BCUT2D eigenvalue weighted by Crippen LogP contribution is 2.30. The Morgan fingerprint density at radius 3 is 1.62 bits per heavy atom. The third-order valence-corrected chi connectivity index (χ3v) is 11.9. The molecule has 6 rings (SSSR count). The predicted octanol–water partition coefficient (Wildman–Crippen LogP) is 5.19. The second-order valence-corrected chi connectivity index (χ2v) is 18.6. The van der Waals surface area contributed by atoms with Crippen LogP contribution in [0.4, 0.5) is 23.3 Å². The first-order chi connectivity index (χ1) is 28.0. The lowest BCUT2D eigenvalue weighted by molar-refractivity contribution is 0.479. The Labute approximate surface area is 351 Å². The van der Waals surface area contributed by atoms with Gasteiger partial charge in [0.15, 0.2) is 0 Å². The molecule has 20 nitrogen and oxygen atoms in total. The number of hydrogen-bond donors (Lipinski definition) is 6. The monoisotopic (exact) mass is 936 g/mol. The molecule has 60 heavy (non-hydrogen) atoms. The maximum atomic E-state index is 12.5. The van der Waals surface area contributed by atoms with Crippen LogP contribution in [0.5, 0.6) is 0 Å². The number of hydrogen-bond acceptors (Lipinski definition) is 16. The van der Waals surface area contributed by atoms with Gasteiger partial charge in [-0.1, -0.05) is 60.7 Å². The highest BCUT2D eigenvalue weighted by atomic mass is 35.5. The third kappa shape index (κ3) is 11.4. The normalized spacial score (nSPS) is 12.4. The fourth-order valence-electron chi connectivity index (χ4n) is 5.46. The van der Waals surface area contributed by atoms with E-state index in [-0.39, 0.29) is 34.3 Å². The van der Waals surface area contributed by atoms with Gasteiger partial charge in [0.25, 0.3) is 40.5 Å². The van der Waals surface area contributed by atoms with Gasteiger partial charge >= 0.3 is 0 Å². The maximum Gasteiger partial charge on any atom is 0.296 e. The summed E-state index contributed by atoms with van der Waals surface area (Å²) in [5.74, 6) is -0.318. The molecule has 2 heterocycles. The number of halogens is 2. The summed E-state index contributed by atoms with van der Waals surface area (Å²) in [6, 6.07) is 18.9. The Balaban J connectivity index is 1.27. The Hall–Kier alpha value is -5.54. The topological polar surface area (TPSA) is 319 Å². The molecule has 0 saturated heterocycles. The van der Waals surface area contributed by atoms with Crippen molar-refractivity contribution in [2.75, 3.05) is 10.6 Å². The molecule has 0 radical (unpaired) electrons. The highest BCUT2D eigenvalue weighted by molar-refractivity contribution is 7.86. The lowest BCUT2D eigenvalue weighted by atomic mass is 10.1. The molecule has 6 aromatic rings. The van der Waals surface area contributed by atoms with E-state index < -0.39 is 82.9 Å². The van der Waals surface area contributed by atoms with Gasteiger partial charge in [-0.15, -0.1) is 0 Å². The van der Waals surface area contributed by atoms with Crippen molar-refractivity contribution >= 4 is 99.1 Å². The van der Waals surface area contributed by atoms with Crippen molar-refractivity contribution in [2.24, 2.45) is 0 Å². The summed E-state index contributed by atoms with van der Waals surface area (Å²) in [4.78, 5) is 21.5. The Kier molecular flexibility index (Phi) is 12.6. The van der Waals surface area contributed by atoms with Crippen LogP contribution in [0.25, 0.3) is 12.2 Å². The molecular weight excluding hydrogens is 912 g/mol. The van der Waals surface area contributed by atoms with Crippen molar-refractivity contribution < 1.29 is 51.9 Å². The van der Waals surface area contributed by atoms with Crippen molar-refractivity contribution in [3.8, 4) is 0 Å². The van der Waals surface area contributed by atoms with E-state index in [1.807, 2.05) is 30.3 Å². The van der Waals surface area contributed by atoms with E-state index >= 15 is 0 Å². The zero-order valence-corrected chi connectivity index (χ0v) is 34.6. The van der Waals surface area contributed by atoms with E-state index in [1.165, 1.54) is 36.4 Å². The average Bonchev–Trinajstić information content (AvgIpc) is 3.13. The summed E-state index contributed by atoms with van der Waals surface area (Å²) in [6.07, 6.45) is 2.69. The summed E-state index contributed by atoms with van der Waals surface area (Å²) in [6.45, 7) is 0. The number of nitrogens with one attached hydrogen (secondary N) is 2. The molecule has 4 aromatic carbocycles. The van der Waals surface area contributed by atoms with Crippen LogP contribution in [-0.2, 0) is 53.3 Å². The Morgan fingerprint density at radius 1 is 0.500 bits per heavy atom. The van der Waals surface area contributed by atoms with Gasteiger partial charge in [-0.2, -0.15) is 48.6 Å². The van der Waals surface area contributed by atoms with Crippen molar-refractivity contribution in [1.29, 1.82) is 0 Å². The molecule has 312 valence electrons. The second-order valence-electron chi connectivity index (χ2n) is 12.3. The lowest BCUT2D eigenvalue weighted by Gasteiger charge is -2.12. The fraction of sp³-hybridized carbons (Fsp3) is 0.0588. The summed E-state index contributed by atoms with van der Waals surface area (Å²) >= 11 is 12.2. The molecular formula is C34H26Cl2N8O12S4. The molecule has 0 aliphatic rings. The number of anilines is 4. The van der Waals surface area contributed by atoms with Gasteiger partial charge < -0.3 is 10.6 Å². The van der Waals surface area contributed by atoms with Crippen LogP contribution >= 0.6 is 23.2 Å². The van der Waals surface area contributed by atoms with E-state index in [2.05, 4.69) is 40.5 Å². The molecule has 2 aromatic heterocycles. The minimum absolute atomic E-state index is 0.00526. The third-order valence-electron chi connectivity index (χ3n) is 8.00. The molecule has 26 heteroatoms. The zero-order valence-electron chi connectivity index (χ0n) is 29.8. The van der Waals surface area contributed by atoms with Crippen LogP contribution in [0, 0.1) is 0 Å². The van der Waals surface area contributed by atoms with Crippen LogP contribution < -0.4 is 10.6 Å². The van der Waals surface area contributed by atoms with Crippen molar-refractivity contribution in [3.05, 3.63) is 129 Å². The molecule has 0 atom stereocenters. The van der Waals surface area contributed by atoms with Crippen LogP contribution in [0.2, 0.25) is 10.6 Å². The largest absolute Gasteiger partial charge is 0.324 e. The van der Waals surface area contributed by atoms with E-state index in [0.29, 0.717) is 36.0 Å². The van der Waals surface area contributed by atoms with Gasteiger partial charge in [0, 0.05) is 18.5 Å². The molecule has 0 amide bonds. The molecule has 0 saturated carbocycles. The smallest absolute Gasteiger partial charge is 0.296 e. The second kappa shape index (κ2) is 17.2. The zero-order chi connectivity index (χ0) is 43.6. The van der Waals surface area contributed by atoms with Gasteiger partial charge in [0.1, 0.15) is 26.3 Å². The predicted molar refractivity (Wildman–Crippen MR) is 216 cm³/mol. The SMILES string of the molecule is O=S(=O)(O)c1ccc(S(=O)(=O)O)c(Nc2nc(Cl)nc(Nc3ccc(/C=C/c4ccc(Cc5nc(Cl)nc(Cc6ccccc6)n5)cc4S(=O)(=O)O)c(S(=O)(=O)O)c3)n2)c1. The van der Waals surface area contributed by atoms with E-state index in [9.17, 15) is 51.9 Å². The molecule has 0 fully saturated rings. The van der Waals surface area contributed by atoms with Gasteiger partial charge in [-0.05, 0) is 81.9 Å². The van der Waals surface area contributed by atoms with Gasteiger partial charge in [0.05, 0.1) is 10.6 Å². The van der Waals surface area contributed by atoms with E-state index in [1.54, 1.807) is 0 Å². The average molecular weight is 938 g/mol. The Bertz CT molecular complexity index is 3150. The number of nitrogens with zero attached hydrogens (tertiary/aromatic N) is 6. The number of benzene rings is 4. The molecule has 0 aliphatic heterocycles. The first-order valence-electron chi connectivity index (χ1n) is 16.4. The Morgan fingerprint density at radius 2 is 1.03 bits per heavy atom. The van der Waals surface area contributed by atoms with E-state index in [0.717, 1.165) is 17.7 Å². The summed E-state index contributed by atoms with van der Waals surface area (Å²) in [5, 5.41) is 4.38. The first kappa shape index (κ1) is 44.0. The maximum absolute atomic E-state index is 12.5. The fourth-order valence-corrected chi connectivity index (χ4v) is 8.40. The number of rotatable bonds is 14. The van der Waals surface area contributed by atoms with Gasteiger partial charge in [0.2, 0.25) is 22.5 Å². The minimum Gasteiger partial charge on any atom is -0.324 e. The molecule has 6 N–H and O–H groups in total. The van der Waals surface area contributed by atoms with Gasteiger partial charge in [-0.25, -0.2) is 15.0 Å². The minimum atomic E-state index is -4.98. The summed E-state index contributed by atoms with van der Waals surface area (Å²) in [5.41, 5.74) is 0.394. The number of aromatic nitrogens is 6. The van der Waals surface area contributed by atoms with Crippen LogP contribution in [0.15, 0.2) is 105 Å². The highest BCUT2D eigenvalue weighted by Gasteiger charge is 2.22. The lowest BCUT2D eigenvalue weighted by Crippen LogP contribution is -2.09. The van der Waals surface area contributed by atoms with Crippen LogP contribution in [-0.4, -0.2) is 81.8 Å². The molecule has 0 bridgehead atoms.